The first-order chi connectivity index (χ1) is 13.2. The Labute approximate surface area is 160 Å². The maximum absolute atomic E-state index is 12.0. The summed E-state index contributed by atoms with van der Waals surface area (Å²) in [6.07, 6.45) is 3.86. The number of carboxylic acid groups (broad SMARTS) is 1. The van der Waals surface area contributed by atoms with Gasteiger partial charge in [-0.15, -0.1) is 0 Å². The third-order valence-electron chi connectivity index (χ3n) is 6.79. The second-order valence-electron chi connectivity index (χ2n) is 8.23. The molecule has 1 N–H and O–H groups in total. The molecule has 4 nitrogen and oxygen atoms in total. The third kappa shape index (κ3) is 2.92. The van der Waals surface area contributed by atoms with E-state index in [0.717, 1.165) is 23.5 Å². The zero-order valence-corrected chi connectivity index (χ0v) is 15.6. The standard InChI is InChI=1S/C23H26N2O2/c26-23(27)25-13-10-17-4-1-2-7-20(17)22(25)19-6-3-5-18(15-19)21-14-16-8-11-24(21)12-9-16/h1-7,15-16,21-22H,8-14H2,(H,26,27)/t21?,22-/m1/s1. The smallest absolute Gasteiger partial charge is 0.408 e. The van der Waals surface area contributed by atoms with E-state index in [1.807, 2.05) is 6.07 Å². The fraction of sp³-hybridized carbons (Fsp3) is 0.435. The number of hydrogen-bond donors (Lipinski definition) is 1. The first kappa shape index (κ1) is 16.8. The van der Waals surface area contributed by atoms with E-state index in [2.05, 4.69) is 47.4 Å². The highest BCUT2D eigenvalue weighted by molar-refractivity contribution is 5.67. The molecule has 140 valence electrons. The molecule has 3 saturated heterocycles. The van der Waals surface area contributed by atoms with Gasteiger partial charge < -0.3 is 5.11 Å². The van der Waals surface area contributed by atoms with Crippen LogP contribution in [0.5, 0.6) is 0 Å². The summed E-state index contributed by atoms with van der Waals surface area (Å²) in [5, 5.41) is 9.82. The molecule has 4 aliphatic rings. The summed E-state index contributed by atoms with van der Waals surface area (Å²) in [4.78, 5) is 16.2. The minimum Gasteiger partial charge on any atom is -0.465 e. The van der Waals surface area contributed by atoms with Crippen LogP contribution in [0.15, 0.2) is 48.5 Å². The van der Waals surface area contributed by atoms with Crippen LogP contribution < -0.4 is 0 Å². The van der Waals surface area contributed by atoms with Crippen LogP contribution in [0.3, 0.4) is 0 Å². The predicted molar refractivity (Wildman–Crippen MR) is 105 cm³/mol. The molecule has 2 bridgehead atoms. The van der Waals surface area contributed by atoms with Gasteiger partial charge in [0.1, 0.15) is 0 Å². The molecular formula is C23H26N2O2. The Morgan fingerprint density at radius 1 is 0.963 bits per heavy atom. The fourth-order valence-electron chi connectivity index (χ4n) is 5.38. The lowest BCUT2D eigenvalue weighted by atomic mass is 9.80. The highest BCUT2D eigenvalue weighted by Gasteiger charge is 2.36. The second-order valence-corrected chi connectivity index (χ2v) is 8.23. The van der Waals surface area contributed by atoms with E-state index in [1.54, 1.807) is 4.90 Å². The van der Waals surface area contributed by atoms with Gasteiger partial charge in [0, 0.05) is 12.6 Å². The molecule has 4 heteroatoms. The molecule has 2 aromatic rings. The fourth-order valence-corrected chi connectivity index (χ4v) is 5.38. The van der Waals surface area contributed by atoms with E-state index in [1.165, 1.54) is 43.5 Å². The molecule has 1 unspecified atom stereocenters. The molecule has 0 spiro atoms. The lowest BCUT2D eigenvalue weighted by molar-refractivity contribution is 0.0489. The number of hydrogen-bond acceptors (Lipinski definition) is 2. The number of carbonyl (C=O) groups is 1. The van der Waals surface area contributed by atoms with Crippen LogP contribution in [0, 0.1) is 5.92 Å². The predicted octanol–water partition coefficient (Wildman–Crippen LogP) is 4.47. The van der Waals surface area contributed by atoms with Crippen molar-refractivity contribution < 1.29 is 9.90 Å². The number of amides is 1. The topological polar surface area (TPSA) is 43.8 Å². The number of nitrogens with zero attached hydrogens (tertiary/aromatic N) is 2. The highest BCUT2D eigenvalue weighted by atomic mass is 16.4. The maximum Gasteiger partial charge on any atom is 0.408 e. The van der Waals surface area contributed by atoms with Crippen molar-refractivity contribution >= 4 is 6.09 Å². The quantitative estimate of drug-likeness (QED) is 0.857. The van der Waals surface area contributed by atoms with Crippen molar-refractivity contribution in [3.05, 3.63) is 70.8 Å². The van der Waals surface area contributed by atoms with Crippen LogP contribution in [0.25, 0.3) is 0 Å². The van der Waals surface area contributed by atoms with Crippen LogP contribution in [0.1, 0.15) is 53.6 Å². The monoisotopic (exact) mass is 362 g/mol. The summed E-state index contributed by atoms with van der Waals surface area (Å²) in [5.74, 6) is 0.856. The molecule has 6 rings (SSSR count). The molecular weight excluding hydrogens is 336 g/mol. The Bertz CT molecular complexity index is 857. The molecule has 27 heavy (non-hydrogen) atoms. The van der Waals surface area contributed by atoms with Crippen LogP contribution in [-0.2, 0) is 6.42 Å². The Balaban J connectivity index is 1.54. The van der Waals surface area contributed by atoms with Crippen molar-refractivity contribution in [2.45, 2.75) is 37.8 Å². The van der Waals surface area contributed by atoms with E-state index in [4.69, 9.17) is 0 Å². The molecule has 0 aliphatic carbocycles. The largest absolute Gasteiger partial charge is 0.465 e. The van der Waals surface area contributed by atoms with Crippen LogP contribution in [0.2, 0.25) is 0 Å². The Morgan fingerprint density at radius 3 is 2.48 bits per heavy atom. The molecule has 0 radical (unpaired) electrons. The molecule has 4 aliphatic heterocycles. The van der Waals surface area contributed by atoms with Gasteiger partial charge >= 0.3 is 6.09 Å². The van der Waals surface area contributed by atoms with Crippen LogP contribution >= 0.6 is 0 Å². The average molecular weight is 362 g/mol. The number of benzene rings is 2. The lowest BCUT2D eigenvalue weighted by Crippen LogP contribution is -2.43. The van der Waals surface area contributed by atoms with Gasteiger partial charge in [-0.1, -0.05) is 48.5 Å². The van der Waals surface area contributed by atoms with Crippen molar-refractivity contribution in [1.82, 2.24) is 9.80 Å². The molecule has 4 heterocycles. The van der Waals surface area contributed by atoms with E-state index in [-0.39, 0.29) is 6.04 Å². The van der Waals surface area contributed by atoms with Gasteiger partial charge in [0.05, 0.1) is 6.04 Å². The number of rotatable bonds is 2. The lowest BCUT2D eigenvalue weighted by Gasteiger charge is -2.46. The first-order valence-electron chi connectivity index (χ1n) is 10.1. The molecule has 0 saturated carbocycles. The summed E-state index contributed by atoms with van der Waals surface area (Å²) in [5.41, 5.74) is 4.86. The van der Waals surface area contributed by atoms with Gasteiger partial charge in [-0.25, -0.2) is 4.79 Å². The molecule has 3 fully saturated rings. The Morgan fingerprint density at radius 2 is 1.74 bits per heavy atom. The number of fused-ring (bicyclic) bond motifs is 4. The van der Waals surface area contributed by atoms with Gasteiger partial charge in [0.2, 0.25) is 0 Å². The summed E-state index contributed by atoms with van der Waals surface area (Å²) in [6.45, 7) is 2.96. The second kappa shape index (κ2) is 6.68. The zero-order chi connectivity index (χ0) is 18.4. The van der Waals surface area contributed by atoms with Gasteiger partial charge in [-0.2, -0.15) is 0 Å². The number of piperidine rings is 3. The normalized spacial score (nSPS) is 29.4. The first-order valence-corrected chi connectivity index (χ1v) is 10.1. The van der Waals surface area contributed by atoms with Crippen molar-refractivity contribution in [2.24, 2.45) is 5.92 Å². The van der Waals surface area contributed by atoms with Crippen molar-refractivity contribution in [2.75, 3.05) is 19.6 Å². The zero-order valence-electron chi connectivity index (χ0n) is 15.6. The minimum absolute atomic E-state index is 0.205. The van der Waals surface area contributed by atoms with Crippen LogP contribution in [0.4, 0.5) is 4.79 Å². The summed E-state index contributed by atoms with van der Waals surface area (Å²) >= 11 is 0. The minimum atomic E-state index is -0.833. The van der Waals surface area contributed by atoms with E-state index in [9.17, 15) is 9.90 Å². The summed E-state index contributed by atoms with van der Waals surface area (Å²) < 4.78 is 0. The molecule has 2 atom stereocenters. The highest BCUT2D eigenvalue weighted by Crippen LogP contribution is 2.42. The van der Waals surface area contributed by atoms with Gasteiger partial charge in [-0.05, 0) is 66.9 Å². The van der Waals surface area contributed by atoms with Crippen LogP contribution in [-0.4, -0.2) is 40.6 Å². The molecule has 0 aromatic heterocycles. The summed E-state index contributed by atoms with van der Waals surface area (Å²) in [6, 6.07) is 17.3. The van der Waals surface area contributed by atoms with Crippen molar-refractivity contribution in [3.63, 3.8) is 0 Å². The van der Waals surface area contributed by atoms with E-state index >= 15 is 0 Å². The van der Waals surface area contributed by atoms with Gasteiger partial charge in [0.15, 0.2) is 0 Å². The van der Waals surface area contributed by atoms with E-state index < -0.39 is 6.09 Å². The Kier molecular flexibility index (Phi) is 4.16. The van der Waals surface area contributed by atoms with Crippen molar-refractivity contribution in [1.29, 1.82) is 0 Å². The maximum atomic E-state index is 12.0. The molecule has 2 aromatic carbocycles. The Hall–Kier alpha value is -2.33. The van der Waals surface area contributed by atoms with Gasteiger partial charge in [0.25, 0.3) is 0 Å². The SMILES string of the molecule is O=C(O)N1CCc2ccccc2[C@H]1c1cccc(C2CC3CCN2CC3)c1. The average Bonchev–Trinajstić information content (AvgIpc) is 2.73. The summed E-state index contributed by atoms with van der Waals surface area (Å²) in [7, 11) is 0. The molecule has 1 amide bonds. The van der Waals surface area contributed by atoms with E-state index in [0.29, 0.717) is 12.6 Å². The third-order valence-corrected chi connectivity index (χ3v) is 6.79. The van der Waals surface area contributed by atoms with Gasteiger partial charge in [-0.3, -0.25) is 9.80 Å². The van der Waals surface area contributed by atoms with Crippen molar-refractivity contribution in [3.8, 4) is 0 Å².